The van der Waals surface area contributed by atoms with Gasteiger partial charge in [0.05, 0.1) is 5.69 Å². The smallest absolute Gasteiger partial charge is 0.0648 e. The maximum Gasteiger partial charge on any atom is 0.0648 e. The third-order valence-electron chi connectivity index (χ3n) is 2.95. The van der Waals surface area contributed by atoms with Gasteiger partial charge in [0.1, 0.15) is 0 Å². The van der Waals surface area contributed by atoms with Crippen molar-refractivity contribution >= 4 is 0 Å². The number of nitrogens with one attached hydrogen (secondary N) is 1. The van der Waals surface area contributed by atoms with E-state index in [2.05, 4.69) is 48.5 Å². The molecule has 0 bridgehead atoms. The summed E-state index contributed by atoms with van der Waals surface area (Å²) >= 11 is 0. The Bertz CT molecular complexity index is 448. The summed E-state index contributed by atoms with van der Waals surface area (Å²) in [6.45, 7) is 5.30. The van der Waals surface area contributed by atoms with Crippen molar-refractivity contribution in [1.29, 1.82) is 0 Å². The van der Waals surface area contributed by atoms with Crippen LogP contribution in [0.25, 0.3) is 5.69 Å². The zero-order valence-corrected chi connectivity index (χ0v) is 10.4. The molecule has 90 valence electrons. The molecule has 2 aromatic rings. The van der Waals surface area contributed by atoms with Gasteiger partial charge in [-0.1, -0.05) is 19.1 Å². The monoisotopic (exact) mass is 229 g/mol. The predicted octanol–water partition coefficient (Wildman–Crippen LogP) is 2.76. The summed E-state index contributed by atoms with van der Waals surface area (Å²) < 4.78 is 1.88. The zero-order chi connectivity index (χ0) is 12.1. The summed E-state index contributed by atoms with van der Waals surface area (Å²) in [5, 5.41) is 7.73. The number of rotatable bonds is 5. The van der Waals surface area contributed by atoms with Crippen LogP contribution in [0.1, 0.15) is 25.8 Å². The molecule has 1 aromatic carbocycles. The van der Waals surface area contributed by atoms with Crippen molar-refractivity contribution < 1.29 is 0 Å². The van der Waals surface area contributed by atoms with E-state index >= 15 is 0 Å². The summed E-state index contributed by atoms with van der Waals surface area (Å²) in [4.78, 5) is 0. The number of hydrogen-bond acceptors (Lipinski definition) is 2. The van der Waals surface area contributed by atoms with Crippen LogP contribution in [0.3, 0.4) is 0 Å². The lowest BCUT2D eigenvalue weighted by Gasteiger charge is -2.12. The molecule has 3 nitrogen and oxygen atoms in total. The Morgan fingerprint density at radius 2 is 2.24 bits per heavy atom. The van der Waals surface area contributed by atoms with Crippen LogP contribution in [0.5, 0.6) is 0 Å². The quantitative estimate of drug-likeness (QED) is 0.854. The molecule has 3 heteroatoms. The van der Waals surface area contributed by atoms with Gasteiger partial charge in [0, 0.05) is 25.0 Å². The molecule has 0 saturated carbocycles. The van der Waals surface area contributed by atoms with Gasteiger partial charge in [-0.05, 0) is 37.1 Å². The summed E-state index contributed by atoms with van der Waals surface area (Å²) in [7, 11) is 0. The van der Waals surface area contributed by atoms with Crippen molar-refractivity contribution in [1.82, 2.24) is 15.1 Å². The molecule has 0 aliphatic rings. The third-order valence-corrected chi connectivity index (χ3v) is 2.95. The van der Waals surface area contributed by atoms with Crippen molar-refractivity contribution in [2.24, 2.45) is 0 Å². The molecular formula is C14H19N3. The summed E-state index contributed by atoms with van der Waals surface area (Å²) in [5.74, 6) is 0. The molecule has 0 fully saturated rings. The molecule has 0 spiro atoms. The van der Waals surface area contributed by atoms with Gasteiger partial charge in [-0.2, -0.15) is 5.10 Å². The Labute approximate surface area is 102 Å². The lowest BCUT2D eigenvalue weighted by atomic mass is 10.2. The Balaban J connectivity index is 2.07. The second-order valence-electron chi connectivity index (χ2n) is 4.31. The second kappa shape index (κ2) is 5.64. The topological polar surface area (TPSA) is 29.9 Å². The zero-order valence-electron chi connectivity index (χ0n) is 10.4. The molecule has 0 saturated heterocycles. The molecule has 17 heavy (non-hydrogen) atoms. The highest BCUT2D eigenvalue weighted by molar-refractivity contribution is 5.34. The van der Waals surface area contributed by atoms with Gasteiger partial charge in [-0.15, -0.1) is 0 Å². The summed E-state index contributed by atoms with van der Waals surface area (Å²) in [6, 6.07) is 10.9. The van der Waals surface area contributed by atoms with E-state index in [-0.39, 0.29) is 0 Å². The average molecular weight is 229 g/mol. The van der Waals surface area contributed by atoms with Crippen LogP contribution in [0.15, 0.2) is 42.7 Å². The number of aromatic nitrogens is 2. The molecule has 0 aliphatic heterocycles. The molecule has 0 radical (unpaired) electrons. The maximum absolute atomic E-state index is 4.24. The Hall–Kier alpha value is -1.61. The minimum atomic E-state index is 0.559. The van der Waals surface area contributed by atoms with Crippen LogP contribution in [0, 0.1) is 0 Å². The highest BCUT2D eigenvalue weighted by Gasteiger charge is 2.00. The standard InChI is InChI=1S/C14H19N3/c1-3-12(2)15-11-13-6-4-7-14(10-13)17-9-5-8-16-17/h4-10,12,15H,3,11H2,1-2H3. The molecule has 0 amide bonds. The van der Waals surface area contributed by atoms with E-state index in [4.69, 9.17) is 0 Å². The molecular weight excluding hydrogens is 210 g/mol. The molecule has 2 rings (SSSR count). The van der Waals surface area contributed by atoms with E-state index in [0.717, 1.165) is 18.7 Å². The summed E-state index contributed by atoms with van der Waals surface area (Å²) in [6.07, 6.45) is 4.91. The largest absolute Gasteiger partial charge is 0.310 e. The first kappa shape index (κ1) is 11.9. The molecule has 1 N–H and O–H groups in total. The van der Waals surface area contributed by atoms with Gasteiger partial charge in [-0.25, -0.2) is 4.68 Å². The minimum absolute atomic E-state index is 0.559. The lowest BCUT2D eigenvalue weighted by Crippen LogP contribution is -2.24. The van der Waals surface area contributed by atoms with E-state index in [0.29, 0.717) is 6.04 Å². The van der Waals surface area contributed by atoms with Crippen molar-refractivity contribution in [2.75, 3.05) is 0 Å². The van der Waals surface area contributed by atoms with Gasteiger partial charge < -0.3 is 5.32 Å². The first-order chi connectivity index (χ1) is 8.29. The minimum Gasteiger partial charge on any atom is -0.310 e. The molecule has 1 unspecified atom stereocenters. The Kier molecular flexibility index (Phi) is 3.94. The van der Waals surface area contributed by atoms with E-state index in [1.807, 2.05) is 16.9 Å². The fourth-order valence-electron chi connectivity index (χ4n) is 1.67. The molecule has 1 atom stereocenters. The van der Waals surface area contributed by atoms with Crippen LogP contribution >= 0.6 is 0 Å². The Morgan fingerprint density at radius 1 is 1.35 bits per heavy atom. The third kappa shape index (κ3) is 3.17. The highest BCUT2D eigenvalue weighted by Crippen LogP contribution is 2.09. The van der Waals surface area contributed by atoms with Gasteiger partial charge in [0.15, 0.2) is 0 Å². The first-order valence-corrected chi connectivity index (χ1v) is 6.12. The van der Waals surface area contributed by atoms with E-state index < -0.39 is 0 Å². The first-order valence-electron chi connectivity index (χ1n) is 6.12. The second-order valence-corrected chi connectivity index (χ2v) is 4.31. The van der Waals surface area contributed by atoms with Gasteiger partial charge >= 0.3 is 0 Å². The fraction of sp³-hybridized carbons (Fsp3) is 0.357. The summed E-state index contributed by atoms with van der Waals surface area (Å²) in [5.41, 5.74) is 2.40. The average Bonchev–Trinajstić information content (AvgIpc) is 2.90. The van der Waals surface area contributed by atoms with Gasteiger partial charge in [-0.3, -0.25) is 0 Å². The fourth-order valence-corrected chi connectivity index (χ4v) is 1.67. The van der Waals surface area contributed by atoms with Crippen molar-refractivity contribution in [3.05, 3.63) is 48.3 Å². The van der Waals surface area contributed by atoms with Crippen molar-refractivity contribution in [3.8, 4) is 5.69 Å². The van der Waals surface area contributed by atoms with Crippen LogP contribution in [0.4, 0.5) is 0 Å². The van der Waals surface area contributed by atoms with Crippen LogP contribution in [-0.2, 0) is 6.54 Å². The lowest BCUT2D eigenvalue weighted by molar-refractivity contribution is 0.534. The van der Waals surface area contributed by atoms with E-state index in [1.165, 1.54) is 5.56 Å². The molecule has 0 aliphatic carbocycles. The number of hydrogen-bond donors (Lipinski definition) is 1. The van der Waals surface area contributed by atoms with E-state index in [1.54, 1.807) is 6.20 Å². The molecule has 1 heterocycles. The van der Waals surface area contributed by atoms with Crippen molar-refractivity contribution in [2.45, 2.75) is 32.9 Å². The number of benzene rings is 1. The van der Waals surface area contributed by atoms with Crippen molar-refractivity contribution in [3.63, 3.8) is 0 Å². The molecule has 1 aromatic heterocycles. The van der Waals surface area contributed by atoms with E-state index in [9.17, 15) is 0 Å². The van der Waals surface area contributed by atoms with Gasteiger partial charge in [0.25, 0.3) is 0 Å². The maximum atomic E-state index is 4.24. The van der Waals surface area contributed by atoms with Crippen LogP contribution < -0.4 is 5.32 Å². The SMILES string of the molecule is CCC(C)NCc1cccc(-n2cccn2)c1. The Morgan fingerprint density at radius 3 is 2.94 bits per heavy atom. The van der Waals surface area contributed by atoms with Gasteiger partial charge in [0.2, 0.25) is 0 Å². The highest BCUT2D eigenvalue weighted by atomic mass is 15.3. The number of nitrogens with zero attached hydrogens (tertiary/aromatic N) is 2. The van der Waals surface area contributed by atoms with Crippen LogP contribution in [0.2, 0.25) is 0 Å². The normalized spacial score (nSPS) is 12.6. The predicted molar refractivity (Wildman–Crippen MR) is 70.2 cm³/mol. The van der Waals surface area contributed by atoms with Crippen LogP contribution in [-0.4, -0.2) is 15.8 Å².